The van der Waals surface area contributed by atoms with Crippen LogP contribution in [0, 0.1) is 0 Å². The van der Waals surface area contributed by atoms with Gasteiger partial charge in [-0.2, -0.15) is 0 Å². The van der Waals surface area contributed by atoms with E-state index in [1.165, 1.54) is 48.9 Å². The molecule has 0 aliphatic carbocycles. The first-order chi connectivity index (χ1) is 16.7. The normalized spacial score (nSPS) is 11.8. The Morgan fingerprint density at radius 3 is 2.51 bits per heavy atom. The lowest BCUT2D eigenvalue weighted by atomic mass is 10.1. The minimum Gasteiger partial charge on any atom is -0.484 e. The van der Waals surface area contributed by atoms with Crippen LogP contribution in [0.4, 0.5) is 13.2 Å². The van der Waals surface area contributed by atoms with E-state index in [0.717, 1.165) is 5.57 Å². The highest BCUT2D eigenvalue weighted by atomic mass is 19.4. The highest BCUT2D eigenvalue weighted by molar-refractivity contribution is 5.93. The third-order valence-corrected chi connectivity index (χ3v) is 4.45. The highest BCUT2D eigenvalue weighted by Crippen LogP contribution is 2.41. The van der Waals surface area contributed by atoms with Gasteiger partial charge in [0.2, 0.25) is 5.75 Å². The minimum atomic E-state index is -4.78. The number of benzene rings is 2. The smallest absolute Gasteiger partial charge is 0.484 e. The lowest BCUT2D eigenvalue weighted by molar-refractivity contribution is -0.274. The van der Waals surface area contributed by atoms with E-state index in [1.54, 1.807) is 32.1 Å². The molecule has 1 aromatic heterocycles. The number of fused-ring (bicyclic) bond motifs is 1. The number of carbonyl (C=O) groups is 1. The molecule has 0 aliphatic heterocycles. The van der Waals surface area contributed by atoms with Crippen LogP contribution in [0.2, 0.25) is 0 Å². The lowest BCUT2D eigenvalue weighted by Crippen LogP contribution is -2.17. The van der Waals surface area contributed by atoms with Crippen molar-refractivity contribution in [3.05, 3.63) is 84.4 Å². The Bertz CT molecular complexity index is 1240. The third kappa shape index (κ3) is 7.43. The second kappa shape index (κ2) is 11.3. The maximum atomic E-state index is 12.4. The number of esters is 1. The predicted octanol–water partition coefficient (Wildman–Crippen LogP) is 6.96. The monoisotopic (exact) mass is 488 g/mol. The first kappa shape index (κ1) is 25.5. The van der Waals surface area contributed by atoms with E-state index < -0.39 is 12.3 Å². The van der Waals surface area contributed by atoms with E-state index in [2.05, 4.69) is 11.3 Å². The fraction of sp³-hybridized carbons (Fsp3) is 0.192. The Labute approximate surface area is 199 Å². The summed E-state index contributed by atoms with van der Waals surface area (Å²) in [7, 11) is 0. The van der Waals surface area contributed by atoms with Crippen LogP contribution >= 0.6 is 0 Å². The number of allylic oxidation sites excluding steroid dienone is 2. The second-order valence-electron chi connectivity index (χ2n) is 7.30. The van der Waals surface area contributed by atoms with E-state index in [-0.39, 0.29) is 30.5 Å². The fourth-order valence-corrected chi connectivity index (χ4v) is 2.97. The van der Waals surface area contributed by atoms with Crippen LogP contribution in [0.25, 0.3) is 17.0 Å². The van der Waals surface area contributed by atoms with Crippen molar-refractivity contribution < 1.29 is 41.3 Å². The van der Waals surface area contributed by atoms with Crippen molar-refractivity contribution in [1.82, 2.24) is 0 Å². The van der Waals surface area contributed by atoms with Gasteiger partial charge in [0, 0.05) is 17.0 Å². The van der Waals surface area contributed by atoms with Crippen molar-refractivity contribution in [3.63, 3.8) is 0 Å². The number of hydrogen-bond donors (Lipinski definition) is 0. The fourth-order valence-electron chi connectivity index (χ4n) is 2.97. The van der Waals surface area contributed by atoms with Gasteiger partial charge in [-0.05, 0) is 55.8 Å². The molecule has 0 saturated heterocycles. The maximum absolute atomic E-state index is 12.4. The van der Waals surface area contributed by atoms with E-state index in [4.69, 9.17) is 18.6 Å². The van der Waals surface area contributed by atoms with Crippen molar-refractivity contribution >= 4 is 23.0 Å². The zero-order chi connectivity index (χ0) is 25.4. The van der Waals surface area contributed by atoms with Crippen molar-refractivity contribution in [2.24, 2.45) is 0 Å². The average Bonchev–Trinajstić information content (AvgIpc) is 3.25. The molecule has 0 spiro atoms. The van der Waals surface area contributed by atoms with Crippen LogP contribution in [-0.2, 0) is 16.1 Å². The molecule has 0 N–H and O–H groups in total. The molecule has 0 saturated carbocycles. The van der Waals surface area contributed by atoms with Crippen LogP contribution in [-0.4, -0.2) is 18.9 Å². The molecule has 0 unspecified atom stereocenters. The molecule has 0 aliphatic rings. The molecule has 2 aromatic carbocycles. The quantitative estimate of drug-likeness (QED) is 0.133. The van der Waals surface area contributed by atoms with Gasteiger partial charge in [0.05, 0.1) is 19.1 Å². The Kier molecular flexibility index (Phi) is 8.25. The molecule has 0 bridgehead atoms. The maximum Gasteiger partial charge on any atom is 0.573 e. The van der Waals surface area contributed by atoms with Crippen molar-refractivity contribution in [2.45, 2.75) is 26.8 Å². The first-order valence-corrected chi connectivity index (χ1v) is 10.5. The molecule has 0 radical (unpaired) electrons. The lowest BCUT2D eigenvalue weighted by Gasteiger charge is -2.15. The summed E-state index contributed by atoms with van der Waals surface area (Å²) in [6, 6.07) is 8.76. The SMILES string of the molecule is C=C(C)C=COc1c(OCc2ccc(OC(F)(F)F)cc2)c(/C=C/C(=O)OCC)cc2ccoc12. The van der Waals surface area contributed by atoms with Gasteiger partial charge in [0.1, 0.15) is 12.4 Å². The van der Waals surface area contributed by atoms with E-state index in [9.17, 15) is 18.0 Å². The van der Waals surface area contributed by atoms with Crippen LogP contribution in [0.3, 0.4) is 0 Å². The number of furan rings is 1. The third-order valence-electron chi connectivity index (χ3n) is 4.45. The second-order valence-corrected chi connectivity index (χ2v) is 7.30. The summed E-state index contributed by atoms with van der Waals surface area (Å²) in [6.45, 7) is 7.49. The zero-order valence-corrected chi connectivity index (χ0v) is 19.1. The Balaban J connectivity index is 1.95. The van der Waals surface area contributed by atoms with Gasteiger partial charge in [-0.1, -0.05) is 24.3 Å². The Morgan fingerprint density at radius 2 is 1.86 bits per heavy atom. The van der Waals surface area contributed by atoms with Gasteiger partial charge in [-0.15, -0.1) is 13.2 Å². The molecule has 9 heteroatoms. The molecule has 35 heavy (non-hydrogen) atoms. The first-order valence-electron chi connectivity index (χ1n) is 10.5. The molecular formula is C26H23F3O6. The average molecular weight is 488 g/mol. The predicted molar refractivity (Wildman–Crippen MR) is 124 cm³/mol. The zero-order valence-electron chi connectivity index (χ0n) is 19.1. The molecular weight excluding hydrogens is 465 g/mol. The molecule has 0 atom stereocenters. The number of halogens is 3. The van der Waals surface area contributed by atoms with Crippen LogP contribution in [0.15, 0.2) is 77.6 Å². The number of carbonyl (C=O) groups excluding carboxylic acids is 1. The summed E-state index contributed by atoms with van der Waals surface area (Å²) < 4.78 is 63.5. The van der Waals surface area contributed by atoms with Gasteiger partial charge >= 0.3 is 12.3 Å². The largest absolute Gasteiger partial charge is 0.573 e. The van der Waals surface area contributed by atoms with Crippen LogP contribution < -0.4 is 14.2 Å². The van der Waals surface area contributed by atoms with Crippen LogP contribution in [0.5, 0.6) is 17.2 Å². The summed E-state index contributed by atoms with van der Waals surface area (Å²) in [5.74, 6) is -0.360. The summed E-state index contributed by atoms with van der Waals surface area (Å²) in [4.78, 5) is 11.9. The van der Waals surface area contributed by atoms with Gasteiger partial charge in [-0.3, -0.25) is 0 Å². The molecule has 0 fully saturated rings. The van der Waals surface area contributed by atoms with E-state index in [1.807, 2.05) is 0 Å². The van der Waals surface area contributed by atoms with E-state index in [0.29, 0.717) is 22.1 Å². The van der Waals surface area contributed by atoms with Crippen molar-refractivity contribution in [1.29, 1.82) is 0 Å². The summed E-state index contributed by atoms with van der Waals surface area (Å²) in [5, 5.41) is 0.702. The van der Waals surface area contributed by atoms with Gasteiger partial charge < -0.3 is 23.4 Å². The molecule has 3 rings (SSSR count). The Hall–Kier alpha value is -4.14. The van der Waals surface area contributed by atoms with Crippen LogP contribution in [0.1, 0.15) is 25.0 Å². The Morgan fingerprint density at radius 1 is 1.11 bits per heavy atom. The standard InChI is InChI=1S/C26H23F3O6/c1-4-31-22(30)10-7-19-15-20-12-14-32-23(20)25(33-13-11-17(2)3)24(19)34-16-18-5-8-21(9-6-18)35-26(27,28)29/h5-15H,2,4,16H2,1,3H3/b10-7+,13-11?. The number of ether oxygens (including phenoxy) is 4. The highest BCUT2D eigenvalue weighted by Gasteiger charge is 2.31. The summed E-state index contributed by atoms with van der Waals surface area (Å²) in [6.07, 6.45) is 2.57. The minimum absolute atomic E-state index is 0.0146. The number of rotatable bonds is 10. The van der Waals surface area contributed by atoms with Crippen molar-refractivity contribution in [2.75, 3.05) is 6.61 Å². The number of alkyl halides is 3. The summed E-state index contributed by atoms with van der Waals surface area (Å²) in [5.41, 5.74) is 2.24. The van der Waals surface area contributed by atoms with Gasteiger partial charge in [0.25, 0.3) is 0 Å². The van der Waals surface area contributed by atoms with Gasteiger partial charge in [0.15, 0.2) is 11.3 Å². The topological polar surface area (TPSA) is 67.1 Å². The van der Waals surface area contributed by atoms with Gasteiger partial charge in [-0.25, -0.2) is 4.79 Å². The summed E-state index contributed by atoms with van der Waals surface area (Å²) >= 11 is 0. The molecule has 184 valence electrons. The molecule has 3 aromatic rings. The molecule has 1 heterocycles. The van der Waals surface area contributed by atoms with E-state index >= 15 is 0 Å². The molecule has 0 amide bonds. The number of hydrogen-bond acceptors (Lipinski definition) is 6. The molecule has 6 nitrogen and oxygen atoms in total. The van der Waals surface area contributed by atoms with Crippen molar-refractivity contribution in [3.8, 4) is 17.2 Å².